The van der Waals surface area contributed by atoms with E-state index in [9.17, 15) is 5.26 Å². The van der Waals surface area contributed by atoms with Gasteiger partial charge < -0.3 is 0 Å². The molecule has 0 radical (unpaired) electrons. The molecule has 126 valence electrons. The second-order valence-electron chi connectivity index (χ2n) is 6.64. The van der Waals surface area contributed by atoms with Crippen molar-refractivity contribution >= 4 is 17.2 Å². The lowest BCUT2D eigenvalue weighted by atomic mass is 9.90. The number of pyridine rings is 1. The van der Waals surface area contributed by atoms with E-state index in [1.807, 2.05) is 11.3 Å². The highest BCUT2D eigenvalue weighted by molar-refractivity contribution is 7.15. The first-order valence-corrected chi connectivity index (χ1v) is 9.92. The molecule has 2 heterocycles. The lowest BCUT2D eigenvalue weighted by Crippen LogP contribution is -2.23. The topological polar surface area (TPSA) is 64.0 Å². The Hall–Kier alpha value is -1.86. The summed E-state index contributed by atoms with van der Waals surface area (Å²) < 4.78 is 0. The maximum atomic E-state index is 9.69. The molecule has 1 aliphatic rings. The van der Waals surface area contributed by atoms with Crippen LogP contribution in [-0.4, -0.2) is 0 Å². The molecule has 3 rings (SSSR count). The minimum atomic E-state index is 0.523. The standard InChI is InChI=1S/C20H25N3S/c1-2-3-8-14-11-12-18(24-14)19-15-9-6-4-5-7-10-17(15)23-20(22)16(19)13-21/h11-12H,2-10H2,1H3,(H2,22,23)/p+1. The minimum absolute atomic E-state index is 0.523. The van der Waals surface area contributed by atoms with Crippen molar-refractivity contribution in [3.63, 3.8) is 0 Å². The molecule has 0 aromatic carbocycles. The molecule has 0 unspecified atom stereocenters. The van der Waals surface area contributed by atoms with Crippen molar-refractivity contribution in [1.82, 2.24) is 0 Å². The number of aromatic nitrogens is 1. The summed E-state index contributed by atoms with van der Waals surface area (Å²) in [5.74, 6) is 0.523. The summed E-state index contributed by atoms with van der Waals surface area (Å²) in [6.07, 6.45) is 10.6. The molecular weight excluding hydrogens is 314 g/mol. The van der Waals surface area contributed by atoms with E-state index < -0.39 is 0 Å². The molecule has 0 spiro atoms. The molecule has 0 atom stereocenters. The maximum Gasteiger partial charge on any atom is 0.289 e. The van der Waals surface area contributed by atoms with Crippen molar-refractivity contribution in [3.05, 3.63) is 33.8 Å². The zero-order chi connectivity index (χ0) is 16.9. The van der Waals surface area contributed by atoms with E-state index in [4.69, 9.17) is 5.73 Å². The van der Waals surface area contributed by atoms with Crippen molar-refractivity contribution in [1.29, 1.82) is 5.26 Å². The summed E-state index contributed by atoms with van der Waals surface area (Å²) in [5.41, 5.74) is 10.5. The first-order valence-electron chi connectivity index (χ1n) is 9.10. The molecule has 4 heteroatoms. The quantitative estimate of drug-likeness (QED) is 0.878. The van der Waals surface area contributed by atoms with Gasteiger partial charge in [0.2, 0.25) is 0 Å². The lowest BCUT2D eigenvalue weighted by molar-refractivity contribution is -0.374. The van der Waals surface area contributed by atoms with Crippen LogP contribution in [0.5, 0.6) is 0 Å². The van der Waals surface area contributed by atoms with Crippen LogP contribution >= 0.6 is 11.3 Å². The number of rotatable bonds is 4. The first-order chi connectivity index (χ1) is 11.7. The van der Waals surface area contributed by atoms with Crippen LogP contribution in [0.4, 0.5) is 5.82 Å². The van der Waals surface area contributed by atoms with Crippen molar-refractivity contribution in [3.8, 4) is 16.5 Å². The number of nitrogens with one attached hydrogen (secondary N) is 1. The van der Waals surface area contributed by atoms with Gasteiger partial charge >= 0.3 is 0 Å². The molecule has 0 fully saturated rings. The smallest absolute Gasteiger partial charge is 0.286 e. The van der Waals surface area contributed by atoms with Crippen LogP contribution in [0.1, 0.15) is 67.1 Å². The molecule has 24 heavy (non-hydrogen) atoms. The summed E-state index contributed by atoms with van der Waals surface area (Å²) in [7, 11) is 0. The number of H-pyrrole nitrogens is 1. The molecule has 2 aromatic heterocycles. The van der Waals surface area contributed by atoms with Gasteiger partial charge in [-0.05, 0) is 44.2 Å². The summed E-state index contributed by atoms with van der Waals surface area (Å²) in [5, 5.41) is 9.69. The number of fused-ring (bicyclic) bond motifs is 1. The zero-order valence-electron chi connectivity index (χ0n) is 14.5. The van der Waals surface area contributed by atoms with Gasteiger partial charge in [0.05, 0.1) is 0 Å². The van der Waals surface area contributed by atoms with Gasteiger partial charge in [-0.2, -0.15) is 5.26 Å². The van der Waals surface area contributed by atoms with Crippen molar-refractivity contribution in [2.24, 2.45) is 0 Å². The van der Waals surface area contributed by atoms with Crippen molar-refractivity contribution < 1.29 is 4.98 Å². The number of aryl methyl sites for hydroxylation is 2. The molecule has 3 N–H and O–H groups in total. The second kappa shape index (κ2) is 7.81. The van der Waals surface area contributed by atoms with Crippen LogP contribution < -0.4 is 10.7 Å². The largest absolute Gasteiger partial charge is 0.289 e. The van der Waals surface area contributed by atoms with Crippen LogP contribution in [0, 0.1) is 11.3 Å². The number of unbranched alkanes of at least 4 members (excludes halogenated alkanes) is 1. The van der Waals surface area contributed by atoms with Crippen molar-refractivity contribution in [2.75, 3.05) is 5.73 Å². The number of nitrogen functional groups attached to an aromatic ring is 1. The first kappa shape index (κ1) is 17.0. The van der Waals surface area contributed by atoms with Gasteiger partial charge in [0.15, 0.2) is 0 Å². The molecule has 0 amide bonds. The number of hydrogen-bond donors (Lipinski definition) is 1. The van der Waals surface area contributed by atoms with E-state index in [-0.39, 0.29) is 0 Å². The lowest BCUT2D eigenvalue weighted by Gasteiger charge is -2.16. The average Bonchev–Trinajstić information content (AvgIpc) is 3.02. The Morgan fingerprint density at radius 3 is 2.75 bits per heavy atom. The SMILES string of the molecule is CCCCc1ccc(-c2c(C#N)c(N)[nH+]c3c2CCCCCC3)s1. The average molecular weight is 341 g/mol. The third kappa shape index (κ3) is 3.47. The molecule has 3 nitrogen and oxygen atoms in total. The van der Waals surface area contributed by atoms with Gasteiger partial charge in [-0.15, -0.1) is 11.3 Å². The van der Waals surface area contributed by atoms with Crippen LogP contribution in [0.2, 0.25) is 0 Å². The number of hydrogen-bond acceptors (Lipinski definition) is 3. The third-order valence-electron chi connectivity index (χ3n) is 4.87. The van der Waals surface area contributed by atoms with Crippen LogP contribution in [0.3, 0.4) is 0 Å². The fourth-order valence-corrected chi connectivity index (χ4v) is 4.70. The molecule has 0 aliphatic heterocycles. The van der Waals surface area contributed by atoms with Crippen molar-refractivity contribution in [2.45, 2.75) is 64.7 Å². The predicted octanol–water partition coefficient (Wildman–Crippen LogP) is 4.68. The second-order valence-corrected chi connectivity index (χ2v) is 7.81. The Kier molecular flexibility index (Phi) is 5.52. The molecule has 0 saturated heterocycles. The monoisotopic (exact) mass is 340 g/mol. The Balaban J connectivity index is 2.10. The minimum Gasteiger partial charge on any atom is -0.286 e. The van der Waals surface area contributed by atoms with Gasteiger partial charge in [-0.3, -0.25) is 5.73 Å². The highest BCUT2D eigenvalue weighted by Gasteiger charge is 2.24. The van der Waals surface area contributed by atoms with E-state index >= 15 is 0 Å². The molecule has 2 aromatic rings. The fourth-order valence-electron chi connectivity index (χ4n) is 3.57. The highest BCUT2D eigenvalue weighted by atomic mass is 32.1. The number of aromatic amines is 1. The van der Waals surface area contributed by atoms with Gasteiger partial charge in [-0.25, -0.2) is 4.98 Å². The number of nitrogens with two attached hydrogens (primary N) is 1. The number of nitrogens with zero attached hydrogens (tertiary/aromatic N) is 1. The predicted molar refractivity (Wildman–Crippen MR) is 99.9 cm³/mol. The Labute approximate surface area is 148 Å². The zero-order valence-corrected chi connectivity index (χ0v) is 15.3. The molecular formula is C20H26N3S+. The number of thiophene rings is 1. The molecule has 0 bridgehead atoms. The summed E-state index contributed by atoms with van der Waals surface area (Å²) in [6, 6.07) is 6.76. The number of anilines is 1. The van der Waals surface area contributed by atoms with Crippen LogP contribution in [0.15, 0.2) is 12.1 Å². The van der Waals surface area contributed by atoms with Gasteiger partial charge in [0.1, 0.15) is 17.3 Å². The Bertz CT molecular complexity index is 755. The Morgan fingerprint density at radius 2 is 2.00 bits per heavy atom. The van der Waals surface area contributed by atoms with E-state index in [0.29, 0.717) is 11.4 Å². The van der Waals surface area contributed by atoms with Gasteiger partial charge in [-0.1, -0.05) is 26.2 Å². The van der Waals surface area contributed by atoms with Gasteiger partial charge in [0, 0.05) is 27.3 Å². The third-order valence-corrected chi connectivity index (χ3v) is 6.03. The summed E-state index contributed by atoms with van der Waals surface area (Å²) in [6.45, 7) is 2.22. The van der Waals surface area contributed by atoms with Gasteiger partial charge in [0.25, 0.3) is 5.82 Å². The Morgan fingerprint density at radius 1 is 1.21 bits per heavy atom. The maximum absolute atomic E-state index is 9.69. The molecule has 0 saturated carbocycles. The van der Waals surface area contributed by atoms with Crippen LogP contribution in [-0.2, 0) is 19.3 Å². The van der Waals surface area contributed by atoms with Crippen LogP contribution in [0.25, 0.3) is 10.4 Å². The summed E-state index contributed by atoms with van der Waals surface area (Å²) in [4.78, 5) is 5.93. The van der Waals surface area contributed by atoms with E-state index in [0.717, 1.165) is 24.8 Å². The van der Waals surface area contributed by atoms with E-state index in [1.54, 1.807) is 0 Å². The molecule has 1 aliphatic carbocycles. The summed E-state index contributed by atoms with van der Waals surface area (Å²) >= 11 is 1.83. The normalized spacial score (nSPS) is 14.5. The van der Waals surface area contributed by atoms with E-state index in [2.05, 4.69) is 30.1 Å². The highest BCUT2D eigenvalue weighted by Crippen LogP contribution is 2.37. The number of nitriles is 1. The fraction of sp³-hybridized carbons (Fsp3) is 0.500. The van der Waals surface area contributed by atoms with E-state index in [1.165, 1.54) is 59.5 Å².